The van der Waals surface area contributed by atoms with Crippen LogP contribution in [0, 0.1) is 0 Å². The molecule has 3 heterocycles. The first kappa shape index (κ1) is 27.7. The summed E-state index contributed by atoms with van der Waals surface area (Å²) in [5.41, 5.74) is 12.7. The van der Waals surface area contributed by atoms with Crippen molar-refractivity contribution < 1.29 is 0 Å². The van der Waals surface area contributed by atoms with E-state index in [-0.39, 0.29) is 0 Å². The van der Waals surface area contributed by atoms with E-state index in [1.807, 2.05) is 6.07 Å². The fraction of sp³-hybridized carbons (Fsp3) is 0. The first-order valence-electron chi connectivity index (χ1n) is 16.0. The van der Waals surface area contributed by atoms with E-state index < -0.39 is 0 Å². The van der Waals surface area contributed by atoms with Crippen molar-refractivity contribution in [2.45, 2.75) is 0 Å². The lowest BCUT2D eigenvalue weighted by molar-refractivity contribution is 1.16. The molecule has 0 saturated heterocycles. The van der Waals surface area contributed by atoms with E-state index in [1.165, 1.54) is 32.9 Å². The van der Waals surface area contributed by atoms with Crippen LogP contribution in [-0.4, -0.2) is 24.5 Å². The van der Waals surface area contributed by atoms with Crippen LogP contribution in [-0.2, 0) is 0 Å². The highest BCUT2D eigenvalue weighted by Crippen LogP contribution is 2.36. The Labute approximate surface area is 277 Å². The van der Waals surface area contributed by atoms with Gasteiger partial charge in [0.2, 0.25) is 0 Å². The first-order valence-corrected chi connectivity index (χ1v) is 16.0. The van der Waals surface area contributed by atoms with Crippen LogP contribution in [0.15, 0.2) is 170 Å². The van der Waals surface area contributed by atoms with Gasteiger partial charge in [-0.3, -0.25) is 0 Å². The van der Waals surface area contributed by atoms with Crippen LogP contribution in [0.3, 0.4) is 0 Å². The van der Waals surface area contributed by atoms with Gasteiger partial charge in [0.05, 0.1) is 34.9 Å². The summed E-state index contributed by atoms with van der Waals surface area (Å²) in [6.45, 7) is 0. The van der Waals surface area contributed by atoms with Gasteiger partial charge in [-0.05, 0) is 52.6 Å². The quantitative estimate of drug-likeness (QED) is 0.202. The summed E-state index contributed by atoms with van der Waals surface area (Å²) in [6.07, 6.45) is 3.41. The minimum Gasteiger partial charge on any atom is -0.342 e. The van der Waals surface area contributed by atoms with Crippen LogP contribution in [0.25, 0.3) is 83.8 Å². The van der Waals surface area contributed by atoms with E-state index >= 15 is 0 Å². The molecule has 0 bridgehead atoms. The number of rotatable bonds is 6. The third kappa shape index (κ3) is 4.95. The maximum Gasteiger partial charge on any atom is 0.178 e. The second-order valence-corrected chi connectivity index (χ2v) is 11.9. The van der Waals surface area contributed by atoms with Gasteiger partial charge in [-0.1, -0.05) is 127 Å². The Morgan fingerprint density at radius 1 is 0.438 bits per heavy atom. The van der Waals surface area contributed by atoms with Gasteiger partial charge in [-0.15, -0.1) is 0 Å². The largest absolute Gasteiger partial charge is 0.342 e. The number of benzene rings is 6. The molecule has 0 spiro atoms. The van der Waals surface area contributed by atoms with Gasteiger partial charge in [-0.2, -0.15) is 0 Å². The van der Waals surface area contributed by atoms with Gasteiger partial charge in [0.1, 0.15) is 5.69 Å². The summed E-state index contributed by atoms with van der Waals surface area (Å²) in [5.74, 6) is 0.607. The molecule has 0 aliphatic rings. The van der Waals surface area contributed by atoms with Crippen LogP contribution in [0.1, 0.15) is 0 Å². The summed E-state index contributed by atoms with van der Waals surface area (Å²) in [6, 6.07) is 55.6. The van der Waals surface area contributed by atoms with E-state index in [9.17, 15) is 0 Å². The lowest BCUT2D eigenvalue weighted by atomic mass is 10.00. The number of aromatic amines is 1. The van der Waals surface area contributed by atoms with E-state index in [1.54, 1.807) is 12.5 Å². The zero-order valence-corrected chi connectivity index (χ0v) is 26.0. The van der Waals surface area contributed by atoms with Crippen molar-refractivity contribution in [2.75, 3.05) is 0 Å². The summed E-state index contributed by atoms with van der Waals surface area (Å²) in [4.78, 5) is 17.3. The van der Waals surface area contributed by atoms with Crippen molar-refractivity contribution in [1.29, 1.82) is 0 Å². The zero-order valence-electron chi connectivity index (χ0n) is 26.0. The zero-order chi connectivity index (χ0) is 31.9. The Bertz CT molecular complexity index is 2520. The first-order chi connectivity index (χ1) is 23.8. The van der Waals surface area contributed by atoms with Crippen molar-refractivity contribution in [3.05, 3.63) is 170 Å². The second-order valence-electron chi connectivity index (χ2n) is 11.9. The molecule has 48 heavy (non-hydrogen) atoms. The SMILES string of the molecule is c1ccc(-c2ccc(-c3cc(-c4ccc(-c5ccc6c7ccccc7n(-c7ccccc7)c6c5)cc4)nc(-c4cnc[nH]4)n3)cc2)cc1. The Kier molecular flexibility index (Phi) is 6.72. The number of hydrogen-bond acceptors (Lipinski definition) is 3. The monoisotopic (exact) mass is 615 g/mol. The van der Waals surface area contributed by atoms with Crippen LogP contribution in [0.5, 0.6) is 0 Å². The third-order valence-corrected chi connectivity index (χ3v) is 8.96. The molecule has 0 amide bonds. The molecule has 0 aliphatic carbocycles. The van der Waals surface area contributed by atoms with Crippen molar-refractivity contribution in [3.63, 3.8) is 0 Å². The number of fused-ring (bicyclic) bond motifs is 3. The molecular formula is C43H29N5. The normalized spacial score (nSPS) is 11.3. The number of aromatic nitrogens is 5. The summed E-state index contributed by atoms with van der Waals surface area (Å²) >= 11 is 0. The average Bonchev–Trinajstić information content (AvgIpc) is 3.83. The number of nitrogens with zero attached hydrogens (tertiary/aromatic N) is 4. The molecule has 0 radical (unpaired) electrons. The summed E-state index contributed by atoms with van der Waals surface area (Å²) in [7, 11) is 0. The molecule has 0 fully saturated rings. The summed E-state index contributed by atoms with van der Waals surface area (Å²) in [5, 5.41) is 2.49. The van der Waals surface area contributed by atoms with E-state index in [0.29, 0.717) is 5.82 Å². The average molecular weight is 616 g/mol. The molecule has 0 atom stereocenters. The van der Waals surface area contributed by atoms with Crippen LogP contribution < -0.4 is 0 Å². The van der Waals surface area contributed by atoms with E-state index in [0.717, 1.165) is 45.0 Å². The number of H-pyrrole nitrogens is 1. The maximum absolute atomic E-state index is 4.96. The third-order valence-electron chi connectivity index (χ3n) is 8.96. The van der Waals surface area contributed by atoms with Crippen molar-refractivity contribution in [1.82, 2.24) is 24.5 Å². The van der Waals surface area contributed by atoms with Crippen LogP contribution in [0.4, 0.5) is 0 Å². The highest BCUT2D eigenvalue weighted by atomic mass is 15.0. The number of nitrogens with one attached hydrogen (secondary N) is 1. The van der Waals surface area contributed by atoms with Gasteiger partial charge in [0.25, 0.3) is 0 Å². The molecular weight excluding hydrogens is 587 g/mol. The fourth-order valence-electron chi connectivity index (χ4n) is 6.54. The smallest absolute Gasteiger partial charge is 0.178 e. The molecule has 6 aromatic carbocycles. The van der Waals surface area contributed by atoms with Gasteiger partial charge in [0, 0.05) is 27.6 Å². The van der Waals surface area contributed by atoms with Crippen molar-refractivity contribution in [2.24, 2.45) is 0 Å². The molecule has 0 saturated carbocycles. The minimum absolute atomic E-state index is 0.607. The molecule has 5 nitrogen and oxygen atoms in total. The highest BCUT2D eigenvalue weighted by molar-refractivity contribution is 6.10. The summed E-state index contributed by atoms with van der Waals surface area (Å²) < 4.78 is 2.36. The van der Waals surface area contributed by atoms with Crippen LogP contribution >= 0.6 is 0 Å². The molecule has 9 aromatic rings. The van der Waals surface area contributed by atoms with Gasteiger partial charge >= 0.3 is 0 Å². The Morgan fingerprint density at radius 3 is 1.65 bits per heavy atom. The molecule has 0 aliphatic heterocycles. The van der Waals surface area contributed by atoms with Crippen molar-refractivity contribution >= 4 is 21.8 Å². The molecule has 5 heteroatoms. The molecule has 226 valence electrons. The van der Waals surface area contributed by atoms with Crippen LogP contribution in [0.2, 0.25) is 0 Å². The molecule has 0 unspecified atom stereocenters. The molecule has 9 rings (SSSR count). The van der Waals surface area contributed by atoms with E-state index in [4.69, 9.17) is 9.97 Å². The van der Waals surface area contributed by atoms with E-state index in [2.05, 4.69) is 166 Å². The lowest BCUT2D eigenvalue weighted by Crippen LogP contribution is -1.96. The highest BCUT2D eigenvalue weighted by Gasteiger charge is 2.15. The number of para-hydroxylation sites is 2. The second kappa shape index (κ2) is 11.6. The number of imidazole rings is 1. The van der Waals surface area contributed by atoms with Gasteiger partial charge in [-0.25, -0.2) is 15.0 Å². The standard InChI is InChI=1S/C43H29N5/c1-3-9-29(10-4-1)30-15-19-32(20-16-30)38-26-39(47-43(46-38)40-27-44-28-45-40)33-21-17-31(18-22-33)34-23-24-37-36-13-7-8-14-41(36)48(42(37)25-34)35-11-5-2-6-12-35/h1-28H,(H,44,45). The lowest BCUT2D eigenvalue weighted by Gasteiger charge is -2.11. The predicted molar refractivity (Wildman–Crippen MR) is 196 cm³/mol. The van der Waals surface area contributed by atoms with Gasteiger partial charge in [0.15, 0.2) is 5.82 Å². The Hall–Kier alpha value is -6.59. The number of hydrogen-bond donors (Lipinski definition) is 1. The topological polar surface area (TPSA) is 59.4 Å². The Morgan fingerprint density at radius 2 is 0.979 bits per heavy atom. The predicted octanol–water partition coefficient (Wildman–Crippen LogP) is 10.6. The van der Waals surface area contributed by atoms with Gasteiger partial charge < -0.3 is 9.55 Å². The molecule has 1 N–H and O–H groups in total. The minimum atomic E-state index is 0.607. The maximum atomic E-state index is 4.96. The fourth-order valence-corrected chi connectivity index (χ4v) is 6.54. The van der Waals surface area contributed by atoms with Crippen molar-refractivity contribution in [3.8, 4) is 62.0 Å². The molecule has 3 aromatic heterocycles. The Balaban J connectivity index is 1.10.